The number of hydrogen-bond donors (Lipinski definition) is 0. The Labute approximate surface area is 126 Å². The normalized spacial score (nSPS) is 9.86. The van der Waals surface area contributed by atoms with Gasteiger partial charge in [0, 0.05) is 17.5 Å². The first-order valence-electron chi connectivity index (χ1n) is 7.36. The van der Waals surface area contributed by atoms with Crippen molar-refractivity contribution in [3.63, 3.8) is 0 Å². The van der Waals surface area contributed by atoms with Crippen LogP contribution in [0.2, 0.25) is 0 Å². The number of rotatable bonds is 5. The van der Waals surface area contributed by atoms with E-state index < -0.39 is 0 Å². The van der Waals surface area contributed by atoms with Gasteiger partial charge in [-0.3, -0.25) is 0 Å². The third-order valence-corrected chi connectivity index (χ3v) is 2.94. The number of allylic oxidation sites excluding steroid dienone is 1. The monoisotopic (exact) mass is 288 g/mol. The van der Waals surface area contributed by atoms with Gasteiger partial charge in [0.2, 0.25) is 0 Å². The van der Waals surface area contributed by atoms with Crippen molar-refractivity contribution in [2.75, 3.05) is 6.61 Å². The Kier molecular flexibility index (Phi) is 7.30. The largest absolute Gasteiger partial charge is 0.493 e. The summed E-state index contributed by atoms with van der Waals surface area (Å²) in [6.07, 6.45) is 5.14. The fourth-order valence-electron chi connectivity index (χ4n) is 1.94. The number of unbranched alkanes of at least 4 members (excludes halogenated alkanes) is 2. The minimum absolute atomic E-state index is 0.317. The van der Waals surface area contributed by atoms with Crippen molar-refractivity contribution in [3.8, 4) is 5.75 Å². The molecule has 1 aromatic carbocycles. The van der Waals surface area contributed by atoms with Gasteiger partial charge in [0.05, 0.1) is 6.61 Å². The molecule has 1 heterocycles. The minimum atomic E-state index is -0.317. The molecule has 0 unspecified atom stereocenters. The first kappa shape index (κ1) is 17.0. The maximum atomic E-state index is 11.3. The summed E-state index contributed by atoms with van der Waals surface area (Å²) in [7, 11) is 0. The van der Waals surface area contributed by atoms with Gasteiger partial charge in [-0.1, -0.05) is 25.8 Å². The van der Waals surface area contributed by atoms with Crippen LogP contribution in [0, 0.1) is 6.92 Å². The van der Waals surface area contributed by atoms with E-state index in [0.29, 0.717) is 12.2 Å². The first-order valence-corrected chi connectivity index (χ1v) is 7.36. The lowest BCUT2D eigenvalue weighted by molar-refractivity contribution is 0.306. The number of aryl methyl sites for hydroxylation is 1. The molecular weight excluding hydrogens is 264 g/mol. The van der Waals surface area contributed by atoms with Crippen molar-refractivity contribution in [2.45, 2.75) is 40.0 Å². The predicted molar refractivity (Wildman–Crippen MR) is 88.1 cm³/mol. The average molecular weight is 288 g/mol. The zero-order chi connectivity index (χ0) is 15.7. The van der Waals surface area contributed by atoms with E-state index in [9.17, 15) is 4.79 Å². The van der Waals surface area contributed by atoms with Crippen LogP contribution < -0.4 is 10.4 Å². The van der Waals surface area contributed by atoms with Gasteiger partial charge in [0.1, 0.15) is 11.3 Å². The van der Waals surface area contributed by atoms with Crippen molar-refractivity contribution >= 4 is 11.0 Å². The Hall–Kier alpha value is -2.03. The highest BCUT2D eigenvalue weighted by Crippen LogP contribution is 2.22. The molecule has 0 spiro atoms. The molecule has 21 heavy (non-hydrogen) atoms. The standard InChI is InChI=1S/C15H18O3.C3H6/c1-3-4-5-8-17-12-6-7-13-11(2)9-15(16)18-14(13)10-12;1-3-2/h6-7,9-10H,3-5,8H2,1-2H3;3H,1H2,2H3. The summed E-state index contributed by atoms with van der Waals surface area (Å²) in [5.74, 6) is 0.757. The molecule has 2 aromatic rings. The lowest BCUT2D eigenvalue weighted by Gasteiger charge is -2.07. The molecule has 0 aliphatic carbocycles. The number of fused-ring (bicyclic) bond motifs is 1. The predicted octanol–water partition coefficient (Wildman–Crippen LogP) is 4.86. The Bertz CT molecular complexity index is 626. The van der Waals surface area contributed by atoms with Gasteiger partial charge in [-0.25, -0.2) is 4.79 Å². The molecule has 0 bridgehead atoms. The first-order chi connectivity index (χ1) is 10.1. The molecular formula is C18H24O3. The molecule has 114 valence electrons. The van der Waals surface area contributed by atoms with Crippen molar-refractivity contribution in [1.82, 2.24) is 0 Å². The molecule has 0 fully saturated rings. The quantitative estimate of drug-likeness (QED) is 0.448. The highest BCUT2D eigenvalue weighted by Gasteiger charge is 2.03. The molecule has 1 aromatic heterocycles. The topological polar surface area (TPSA) is 39.4 Å². The van der Waals surface area contributed by atoms with Gasteiger partial charge in [-0.05, 0) is 38.0 Å². The molecule has 0 radical (unpaired) electrons. The van der Waals surface area contributed by atoms with E-state index in [1.165, 1.54) is 18.9 Å². The average Bonchev–Trinajstić information content (AvgIpc) is 2.44. The highest BCUT2D eigenvalue weighted by atomic mass is 16.5. The number of benzene rings is 1. The second-order valence-corrected chi connectivity index (χ2v) is 4.87. The van der Waals surface area contributed by atoms with E-state index in [1.807, 2.05) is 26.0 Å². The van der Waals surface area contributed by atoms with Crippen LogP contribution in [0.3, 0.4) is 0 Å². The van der Waals surface area contributed by atoms with Crippen LogP contribution in [0.25, 0.3) is 11.0 Å². The number of ether oxygens (including phenoxy) is 1. The van der Waals surface area contributed by atoms with E-state index >= 15 is 0 Å². The summed E-state index contributed by atoms with van der Waals surface area (Å²) in [6.45, 7) is 10.0. The maximum Gasteiger partial charge on any atom is 0.336 e. The molecule has 0 aliphatic rings. The summed E-state index contributed by atoms with van der Waals surface area (Å²) in [5, 5.41) is 0.954. The molecule has 0 saturated carbocycles. The zero-order valence-electron chi connectivity index (χ0n) is 13.1. The summed E-state index contributed by atoms with van der Waals surface area (Å²) in [4.78, 5) is 11.3. The van der Waals surface area contributed by atoms with Crippen LogP contribution in [-0.4, -0.2) is 6.61 Å². The zero-order valence-corrected chi connectivity index (χ0v) is 13.1. The van der Waals surface area contributed by atoms with Gasteiger partial charge in [0.25, 0.3) is 0 Å². The maximum absolute atomic E-state index is 11.3. The smallest absolute Gasteiger partial charge is 0.336 e. The molecule has 0 atom stereocenters. The SMILES string of the molecule is C=CC.CCCCCOc1ccc2c(C)cc(=O)oc2c1. The van der Waals surface area contributed by atoms with Gasteiger partial charge in [0.15, 0.2) is 0 Å². The molecule has 0 N–H and O–H groups in total. The molecule has 0 amide bonds. The second-order valence-electron chi connectivity index (χ2n) is 4.87. The van der Waals surface area contributed by atoms with Gasteiger partial charge in [-0.15, -0.1) is 6.58 Å². The summed E-state index contributed by atoms with van der Waals surface area (Å²) >= 11 is 0. The van der Waals surface area contributed by atoms with E-state index in [1.54, 1.807) is 12.1 Å². The Morgan fingerprint density at radius 2 is 2.00 bits per heavy atom. The van der Waals surface area contributed by atoms with Crippen LogP contribution in [0.15, 0.2) is 46.1 Å². The fraction of sp³-hybridized carbons (Fsp3) is 0.389. The number of hydrogen-bond acceptors (Lipinski definition) is 3. The summed E-state index contributed by atoms with van der Waals surface area (Å²) in [5.41, 5.74) is 1.20. The molecule has 0 saturated heterocycles. The van der Waals surface area contributed by atoms with E-state index in [2.05, 4.69) is 13.5 Å². The van der Waals surface area contributed by atoms with Crippen LogP contribution >= 0.6 is 0 Å². The van der Waals surface area contributed by atoms with Crippen molar-refractivity contribution in [3.05, 3.63) is 52.9 Å². The third kappa shape index (κ3) is 5.46. The lowest BCUT2D eigenvalue weighted by atomic mass is 10.1. The summed E-state index contributed by atoms with van der Waals surface area (Å²) < 4.78 is 10.8. The second kappa shape index (κ2) is 9.01. The van der Waals surface area contributed by atoms with E-state index in [-0.39, 0.29) is 5.63 Å². The minimum Gasteiger partial charge on any atom is -0.493 e. The van der Waals surface area contributed by atoms with Crippen molar-refractivity contribution < 1.29 is 9.15 Å². The highest BCUT2D eigenvalue weighted by molar-refractivity contribution is 5.81. The molecule has 0 aliphatic heterocycles. The van der Waals surface area contributed by atoms with Crippen LogP contribution in [0.5, 0.6) is 5.75 Å². The molecule has 3 heteroatoms. The van der Waals surface area contributed by atoms with Gasteiger partial charge < -0.3 is 9.15 Å². The molecule has 3 nitrogen and oxygen atoms in total. The van der Waals surface area contributed by atoms with E-state index in [4.69, 9.17) is 9.15 Å². The van der Waals surface area contributed by atoms with Crippen LogP contribution in [0.4, 0.5) is 0 Å². The Morgan fingerprint density at radius 1 is 1.29 bits per heavy atom. The lowest BCUT2D eigenvalue weighted by Crippen LogP contribution is -1.99. The fourth-order valence-corrected chi connectivity index (χ4v) is 1.94. The van der Waals surface area contributed by atoms with Crippen molar-refractivity contribution in [2.24, 2.45) is 0 Å². The summed E-state index contributed by atoms with van der Waals surface area (Å²) in [6, 6.07) is 7.14. The third-order valence-electron chi connectivity index (χ3n) is 2.94. The van der Waals surface area contributed by atoms with Crippen LogP contribution in [0.1, 0.15) is 38.7 Å². The van der Waals surface area contributed by atoms with Gasteiger partial charge >= 0.3 is 5.63 Å². The van der Waals surface area contributed by atoms with Crippen LogP contribution in [-0.2, 0) is 0 Å². The van der Waals surface area contributed by atoms with Gasteiger partial charge in [-0.2, -0.15) is 0 Å². The Balaban J connectivity index is 0.000000677. The Morgan fingerprint density at radius 3 is 2.67 bits per heavy atom. The van der Waals surface area contributed by atoms with Crippen molar-refractivity contribution in [1.29, 1.82) is 0 Å². The van der Waals surface area contributed by atoms with E-state index in [0.717, 1.165) is 23.1 Å². The molecule has 2 rings (SSSR count).